The monoisotopic (exact) mass is 238 g/mol. The van der Waals surface area contributed by atoms with Crippen LogP contribution in [0, 0.1) is 17.8 Å². The molecule has 0 saturated heterocycles. The topological polar surface area (TPSA) is 20.2 Å². The molecule has 0 aromatic rings. The van der Waals surface area contributed by atoms with Crippen LogP contribution in [0.5, 0.6) is 0 Å². The van der Waals surface area contributed by atoms with Crippen LogP contribution < -0.4 is 0 Å². The van der Waals surface area contributed by atoms with Crippen molar-refractivity contribution in [2.24, 2.45) is 17.8 Å². The molecule has 1 nitrogen and oxygen atoms in total. The van der Waals surface area contributed by atoms with Gasteiger partial charge in [-0.15, -0.1) is 0 Å². The van der Waals surface area contributed by atoms with E-state index < -0.39 is 0 Å². The van der Waals surface area contributed by atoms with E-state index in [-0.39, 0.29) is 6.10 Å². The van der Waals surface area contributed by atoms with Gasteiger partial charge in [-0.3, -0.25) is 0 Å². The summed E-state index contributed by atoms with van der Waals surface area (Å²) in [5.74, 6) is 1.92. The lowest BCUT2D eigenvalue weighted by Crippen LogP contribution is -2.29. The molecule has 100 valence electrons. The lowest BCUT2D eigenvalue weighted by molar-refractivity contribution is 0.0334. The van der Waals surface area contributed by atoms with Gasteiger partial charge in [-0.2, -0.15) is 0 Å². The predicted octanol–water partition coefficient (Wildman–Crippen LogP) is 4.56. The molecule has 1 fully saturated rings. The first-order chi connectivity index (χ1) is 8.00. The number of aliphatic hydroxyl groups excluding tert-OH is 1. The summed E-state index contributed by atoms with van der Waals surface area (Å²) in [6.45, 7) is 8.80. The van der Waals surface area contributed by atoms with E-state index in [4.69, 9.17) is 0 Å². The molecular formula is C16H30O. The van der Waals surface area contributed by atoms with Gasteiger partial charge in [0.15, 0.2) is 0 Å². The quantitative estimate of drug-likeness (QED) is 0.614. The molecule has 0 radical (unpaired) electrons. The molecule has 1 N–H and O–H groups in total. The molecule has 0 spiro atoms. The van der Waals surface area contributed by atoms with Crippen LogP contribution in [-0.2, 0) is 0 Å². The van der Waals surface area contributed by atoms with Gasteiger partial charge in [0.1, 0.15) is 0 Å². The smallest absolute Gasteiger partial charge is 0.0591 e. The van der Waals surface area contributed by atoms with Gasteiger partial charge in [-0.1, -0.05) is 38.8 Å². The first-order valence-corrected chi connectivity index (χ1v) is 7.36. The SMILES string of the molecule is CC1=CC(C)CCC1.CC1CCCC(C)C1O. The van der Waals surface area contributed by atoms with Crippen LogP contribution in [0.25, 0.3) is 0 Å². The standard InChI is InChI=1S/C8H16O.C8H14/c1-6-4-3-5-7(2)8(6)9;1-7-4-3-5-8(2)6-7/h6-9H,3-5H2,1-2H3;6-7H,3-5H2,1-2H3. The van der Waals surface area contributed by atoms with Crippen molar-refractivity contribution in [3.63, 3.8) is 0 Å². The van der Waals surface area contributed by atoms with E-state index in [1.54, 1.807) is 5.57 Å². The fourth-order valence-corrected chi connectivity index (χ4v) is 3.02. The van der Waals surface area contributed by atoms with Gasteiger partial charge in [0, 0.05) is 0 Å². The minimum Gasteiger partial charge on any atom is -0.393 e. The Hall–Kier alpha value is -0.300. The van der Waals surface area contributed by atoms with Crippen molar-refractivity contribution in [3.05, 3.63) is 11.6 Å². The zero-order valence-electron chi connectivity index (χ0n) is 12.1. The van der Waals surface area contributed by atoms with Crippen molar-refractivity contribution < 1.29 is 5.11 Å². The van der Waals surface area contributed by atoms with E-state index in [1.165, 1.54) is 38.5 Å². The van der Waals surface area contributed by atoms with Crippen molar-refractivity contribution in [2.75, 3.05) is 0 Å². The normalized spacial score (nSPS) is 37.8. The summed E-state index contributed by atoms with van der Waals surface area (Å²) in [6, 6.07) is 0. The Balaban J connectivity index is 0.000000171. The summed E-state index contributed by atoms with van der Waals surface area (Å²) in [6.07, 6.45) is 10.2. The molecule has 0 aliphatic heterocycles. The first-order valence-electron chi connectivity index (χ1n) is 7.36. The third kappa shape index (κ3) is 5.25. The van der Waals surface area contributed by atoms with Crippen LogP contribution in [-0.4, -0.2) is 11.2 Å². The van der Waals surface area contributed by atoms with Crippen LogP contribution in [0.4, 0.5) is 0 Å². The molecule has 0 heterocycles. The summed E-state index contributed by atoms with van der Waals surface area (Å²) in [4.78, 5) is 0. The highest BCUT2D eigenvalue weighted by molar-refractivity contribution is 5.03. The number of hydrogen-bond donors (Lipinski definition) is 1. The summed E-state index contributed by atoms with van der Waals surface area (Å²) in [5.41, 5.74) is 1.59. The summed E-state index contributed by atoms with van der Waals surface area (Å²) in [7, 11) is 0. The number of allylic oxidation sites excluding steroid dienone is 2. The predicted molar refractivity (Wildman–Crippen MR) is 75.0 cm³/mol. The minimum absolute atomic E-state index is 0.0289. The highest BCUT2D eigenvalue weighted by Gasteiger charge is 2.24. The Kier molecular flexibility index (Phi) is 6.26. The van der Waals surface area contributed by atoms with Crippen LogP contribution in [0.3, 0.4) is 0 Å². The Morgan fingerprint density at radius 2 is 1.59 bits per heavy atom. The molecular weight excluding hydrogens is 208 g/mol. The maximum atomic E-state index is 9.45. The van der Waals surface area contributed by atoms with Crippen molar-refractivity contribution in [1.29, 1.82) is 0 Å². The fourth-order valence-electron chi connectivity index (χ4n) is 3.02. The Bertz CT molecular complexity index is 234. The van der Waals surface area contributed by atoms with Gasteiger partial charge in [-0.25, -0.2) is 0 Å². The Morgan fingerprint density at radius 3 is 1.94 bits per heavy atom. The highest BCUT2D eigenvalue weighted by atomic mass is 16.3. The molecule has 0 aromatic carbocycles. The van der Waals surface area contributed by atoms with Crippen LogP contribution in [0.1, 0.15) is 66.2 Å². The minimum atomic E-state index is -0.0289. The molecule has 3 atom stereocenters. The van der Waals surface area contributed by atoms with Gasteiger partial charge in [0.05, 0.1) is 6.10 Å². The van der Waals surface area contributed by atoms with Crippen LogP contribution in [0.15, 0.2) is 11.6 Å². The Morgan fingerprint density at radius 1 is 1.00 bits per heavy atom. The molecule has 17 heavy (non-hydrogen) atoms. The first kappa shape index (κ1) is 14.8. The molecule has 0 bridgehead atoms. The maximum Gasteiger partial charge on any atom is 0.0591 e. The second-order valence-corrected chi connectivity index (χ2v) is 6.26. The van der Waals surface area contributed by atoms with Crippen LogP contribution >= 0.6 is 0 Å². The molecule has 1 saturated carbocycles. The molecule has 0 aromatic heterocycles. The maximum absolute atomic E-state index is 9.45. The third-order valence-corrected chi connectivity index (χ3v) is 4.28. The van der Waals surface area contributed by atoms with Crippen molar-refractivity contribution in [1.82, 2.24) is 0 Å². The third-order valence-electron chi connectivity index (χ3n) is 4.28. The van der Waals surface area contributed by atoms with E-state index in [1.807, 2.05) is 0 Å². The molecule has 3 unspecified atom stereocenters. The van der Waals surface area contributed by atoms with E-state index in [0.29, 0.717) is 11.8 Å². The van der Waals surface area contributed by atoms with E-state index >= 15 is 0 Å². The molecule has 2 aliphatic rings. The number of rotatable bonds is 0. The fraction of sp³-hybridized carbons (Fsp3) is 0.875. The summed E-state index contributed by atoms with van der Waals surface area (Å²) >= 11 is 0. The van der Waals surface area contributed by atoms with Crippen LogP contribution in [0.2, 0.25) is 0 Å². The Labute approximate surface area is 107 Å². The second kappa shape index (κ2) is 7.20. The number of hydrogen-bond acceptors (Lipinski definition) is 1. The molecule has 2 aliphatic carbocycles. The summed E-state index contributed by atoms with van der Waals surface area (Å²) in [5, 5.41) is 9.45. The average molecular weight is 238 g/mol. The molecule has 0 amide bonds. The highest BCUT2D eigenvalue weighted by Crippen LogP contribution is 2.28. The largest absolute Gasteiger partial charge is 0.393 e. The zero-order valence-corrected chi connectivity index (χ0v) is 12.1. The van der Waals surface area contributed by atoms with Gasteiger partial charge in [0.25, 0.3) is 0 Å². The number of aliphatic hydroxyl groups is 1. The van der Waals surface area contributed by atoms with Crippen molar-refractivity contribution >= 4 is 0 Å². The lowest BCUT2D eigenvalue weighted by Gasteiger charge is -2.29. The average Bonchev–Trinajstić information content (AvgIpc) is 2.26. The van der Waals surface area contributed by atoms with Gasteiger partial charge in [-0.05, 0) is 56.8 Å². The van der Waals surface area contributed by atoms with E-state index in [0.717, 1.165) is 5.92 Å². The van der Waals surface area contributed by atoms with E-state index in [2.05, 4.69) is 33.8 Å². The second-order valence-electron chi connectivity index (χ2n) is 6.26. The van der Waals surface area contributed by atoms with E-state index in [9.17, 15) is 5.11 Å². The zero-order chi connectivity index (χ0) is 12.8. The lowest BCUT2D eigenvalue weighted by atomic mass is 9.81. The van der Waals surface area contributed by atoms with Gasteiger partial charge >= 0.3 is 0 Å². The van der Waals surface area contributed by atoms with Crippen molar-refractivity contribution in [2.45, 2.75) is 72.3 Å². The van der Waals surface area contributed by atoms with Crippen molar-refractivity contribution in [3.8, 4) is 0 Å². The summed E-state index contributed by atoms with van der Waals surface area (Å²) < 4.78 is 0. The molecule has 1 heteroatoms. The van der Waals surface area contributed by atoms with Gasteiger partial charge < -0.3 is 5.11 Å². The van der Waals surface area contributed by atoms with Gasteiger partial charge in [0.2, 0.25) is 0 Å². The molecule has 2 rings (SSSR count).